The Hall–Kier alpha value is -2.10. The van der Waals surface area contributed by atoms with Crippen LogP contribution >= 0.6 is 0 Å². The standard InChI is InChI=1S/C14H16N2O2/c1-11-5-4-6-12(9-11)18-14(2,3)13(17)16-8-7-15-10-16/h4-10H,1-3H3. The van der Waals surface area contributed by atoms with Gasteiger partial charge in [-0.2, -0.15) is 0 Å². The zero-order chi connectivity index (χ0) is 13.2. The van der Waals surface area contributed by atoms with Crippen molar-refractivity contribution in [3.05, 3.63) is 48.5 Å². The van der Waals surface area contributed by atoms with Gasteiger partial charge in [0.25, 0.3) is 5.91 Å². The fraction of sp³-hybridized carbons (Fsp3) is 0.286. The lowest BCUT2D eigenvalue weighted by Gasteiger charge is -2.25. The maximum absolute atomic E-state index is 12.2. The van der Waals surface area contributed by atoms with Crippen LogP contribution in [0.25, 0.3) is 0 Å². The molecule has 0 radical (unpaired) electrons. The quantitative estimate of drug-likeness (QED) is 0.833. The van der Waals surface area contributed by atoms with Crippen LogP contribution in [-0.4, -0.2) is 21.1 Å². The number of nitrogens with zero attached hydrogens (tertiary/aromatic N) is 2. The number of benzene rings is 1. The number of hydrogen-bond acceptors (Lipinski definition) is 3. The minimum absolute atomic E-state index is 0.151. The average Bonchev–Trinajstić information content (AvgIpc) is 2.80. The Balaban J connectivity index is 2.19. The van der Waals surface area contributed by atoms with Gasteiger partial charge in [0.2, 0.25) is 0 Å². The lowest BCUT2D eigenvalue weighted by atomic mass is 10.1. The number of aromatic nitrogens is 2. The van der Waals surface area contributed by atoms with Gasteiger partial charge < -0.3 is 4.74 Å². The van der Waals surface area contributed by atoms with E-state index in [9.17, 15) is 4.79 Å². The zero-order valence-corrected chi connectivity index (χ0v) is 10.8. The van der Waals surface area contributed by atoms with Crippen molar-refractivity contribution in [1.82, 2.24) is 9.55 Å². The fourth-order valence-corrected chi connectivity index (χ4v) is 1.71. The molecule has 1 heterocycles. The summed E-state index contributed by atoms with van der Waals surface area (Å²) in [5.41, 5.74) is 0.160. The summed E-state index contributed by atoms with van der Waals surface area (Å²) in [6, 6.07) is 7.64. The van der Waals surface area contributed by atoms with E-state index in [-0.39, 0.29) is 5.91 Å². The van der Waals surface area contributed by atoms with Crippen LogP contribution in [0.2, 0.25) is 0 Å². The molecule has 94 valence electrons. The van der Waals surface area contributed by atoms with E-state index in [0.29, 0.717) is 5.75 Å². The minimum atomic E-state index is -0.936. The number of ether oxygens (including phenoxy) is 1. The maximum Gasteiger partial charge on any atom is 0.275 e. The largest absolute Gasteiger partial charge is 0.478 e. The normalized spacial score (nSPS) is 11.3. The van der Waals surface area contributed by atoms with E-state index in [1.807, 2.05) is 31.2 Å². The third-order valence-corrected chi connectivity index (χ3v) is 2.62. The summed E-state index contributed by atoms with van der Waals surface area (Å²) in [5, 5.41) is 0. The zero-order valence-electron chi connectivity index (χ0n) is 10.8. The van der Waals surface area contributed by atoms with Crippen molar-refractivity contribution in [3.8, 4) is 5.75 Å². The Morgan fingerprint density at radius 3 is 2.78 bits per heavy atom. The molecule has 0 saturated carbocycles. The molecule has 4 nitrogen and oxygen atoms in total. The van der Waals surface area contributed by atoms with Crippen LogP contribution in [0.15, 0.2) is 43.0 Å². The molecule has 0 bridgehead atoms. The van der Waals surface area contributed by atoms with Crippen molar-refractivity contribution in [2.24, 2.45) is 0 Å². The smallest absolute Gasteiger partial charge is 0.275 e. The summed E-state index contributed by atoms with van der Waals surface area (Å²) in [7, 11) is 0. The molecule has 0 aliphatic heterocycles. The molecule has 0 atom stereocenters. The summed E-state index contributed by atoms with van der Waals surface area (Å²) in [6.07, 6.45) is 4.66. The van der Waals surface area contributed by atoms with Gasteiger partial charge in [0, 0.05) is 12.4 Å². The van der Waals surface area contributed by atoms with Gasteiger partial charge >= 0.3 is 0 Å². The van der Waals surface area contributed by atoms with Gasteiger partial charge in [-0.15, -0.1) is 0 Å². The molecule has 1 aromatic heterocycles. The average molecular weight is 244 g/mol. The van der Waals surface area contributed by atoms with Crippen molar-refractivity contribution >= 4 is 5.91 Å². The highest BCUT2D eigenvalue weighted by Crippen LogP contribution is 2.20. The van der Waals surface area contributed by atoms with Gasteiger partial charge in [0.1, 0.15) is 12.1 Å². The van der Waals surface area contributed by atoms with E-state index >= 15 is 0 Å². The van der Waals surface area contributed by atoms with E-state index in [4.69, 9.17) is 4.74 Å². The molecule has 2 aromatic rings. The van der Waals surface area contributed by atoms with Crippen molar-refractivity contribution in [2.75, 3.05) is 0 Å². The van der Waals surface area contributed by atoms with E-state index in [1.165, 1.54) is 10.9 Å². The number of carbonyl (C=O) groups excluding carboxylic acids is 1. The monoisotopic (exact) mass is 244 g/mol. The van der Waals surface area contributed by atoms with Crippen LogP contribution in [0.5, 0.6) is 5.75 Å². The van der Waals surface area contributed by atoms with Crippen molar-refractivity contribution in [3.63, 3.8) is 0 Å². The van der Waals surface area contributed by atoms with E-state index in [2.05, 4.69) is 4.98 Å². The molecule has 0 amide bonds. The number of aryl methyl sites for hydroxylation is 1. The van der Waals surface area contributed by atoms with E-state index < -0.39 is 5.60 Å². The Morgan fingerprint density at radius 1 is 1.39 bits per heavy atom. The Kier molecular flexibility index (Phi) is 3.19. The molecule has 4 heteroatoms. The predicted octanol–water partition coefficient (Wildman–Crippen LogP) is 2.69. The second-order valence-electron chi connectivity index (χ2n) is 4.70. The van der Waals surface area contributed by atoms with Gasteiger partial charge in [0.05, 0.1) is 0 Å². The maximum atomic E-state index is 12.2. The molecular formula is C14H16N2O2. The third-order valence-electron chi connectivity index (χ3n) is 2.62. The van der Waals surface area contributed by atoms with Crippen LogP contribution < -0.4 is 4.74 Å². The molecule has 18 heavy (non-hydrogen) atoms. The Labute approximate surface area is 106 Å². The number of hydrogen-bond donors (Lipinski definition) is 0. The summed E-state index contributed by atoms with van der Waals surface area (Å²) < 4.78 is 7.20. The molecule has 0 N–H and O–H groups in total. The summed E-state index contributed by atoms with van der Waals surface area (Å²) in [5.74, 6) is 0.537. The minimum Gasteiger partial charge on any atom is -0.478 e. The number of carbonyl (C=O) groups is 1. The highest BCUT2D eigenvalue weighted by molar-refractivity contribution is 5.86. The van der Waals surface area contributed by atoms with Crippen molar-refractivity contribution in [1.29, 1.82) is 0 Å². The number of rotatable bonds is 3. The first kappa shape index (κ1) is 12.4. The van der Waals surface area contributed by atoms with Crippen molar-refractivity contribution in [2.45, 2.75) is 26.4 Å². The van der Waals surface area contributed by atoms with E-state index in [0.717, 1.165) is 5.56 Å². The van der Waals surface area contributed by atoms with E-state index in [1.54, 1.807) is 26.2 Å². The Morgan fingerprint density at radius 2 is 2.17 bits per heavy atom. The van der Waals surface area contributed by atoms with Crippen LogP contribution in [0, 0.1) is 6.92 Å². The lowest BCUT2D eigenvalue weighted by Crippen LogP contribution is -2.41. The van der Waals surface area contributed by atoms with Gasteiger partial charge in [-0.25, -0.2) is 4.98 Å². The first-order valence-corrected chi connectivity index (χ1v) is 5.77. The predicted molar refractivity (Wildman–Crippen MR) is 68.7 cm³/mol. The topological polar surface area (TPSA) is 44.1 Å². The van der Waals surface area contributed by atoms with Crippen LogP contribution in [0.3, 0.4) is 0 Å². The molecule has 1 aromatic carbocycles. The molecule has 0 aliphatic rings. The summed E-state index contributed by atoms with van der Waals surface area (Å²) in [6.45, 7) is 5.48. The Bertz CT molecular complexity index is 545. The first-order valence-electron chi connectivity index (χ1n) is 5.77. The highest BCUT2D eigenvalue weighted by atomic mass is 16.5. The molecular weight excluding hydrogens is 228 g/mol. The second kappa shape index (κ2) is 4.64. The summed E-state index contributed by atoms with van der Waals surface area (Å²) in [4.78, 5) is 16.1. The van der Waals surface area contributed by atoms with Gasteiger partial charge in [-0.1, -0.05) is 12.1 Å². The second-order valence-corrected chi connectivity index (χ2v) is 4.70. The number of imidazole rings is 1. The van der Waals surface area contributed by atoms with Crippen LogP contribution in [0.4, 0.5) is 0 Å². The van der Waals surface area contributed by atoms with Gasteiger partial charge in [0.15, 0.2) is 5.60 Å². The highest BCUT2D eigenvalue weighted by Gasteiger charge is 2.31. The molecule has 0 unspecified atom stereocenters. The molecule has 2 rings (SSSR count). The summed E-state index contributed by atoms with van der Waals surface area (Å²) >= 11 is 0. The van der Waals surface area contributed by atoms with Gasteiger partial charge in [-0.05, 0) is 38.5 Å². The fourth-order valence-electron chi connectivity index (χ4n) is 1.71. The van der Waals surface area contributed by atoms with Crippen LogP contribution in [-0.2, 0) is 0 Å². The first-order chi connectivity index (χ1) is 8.49. The van der Waals surface area contributed by atoms with Gasteiger partial charge in [-0.3, -0.25) is 9.36 Å². The van der Waals surface area contributed by atoms with Crippen LogP contribution in [0.1, 0.15) is 24.2 Å². The molecule has 0 saturated heterocycles. The molecule has 0 fully saturated rings. The SMILES string of the molecule is Cc1cccc(OC(C)(C)C(=O)n2ccnc2)c1. The molecule has 0 aliphatic carbocycles. The third kappa shape index (κ3) is 2.59. The van der Waals surface area contributed by atoms with Crippen molar-refractivity contribution < 1.29 is 9.53 Å². The molecule has 0 spiro atoms. The lowest BCUT2D eigenvalue weighted by molar-refractivity contribution is 0.0487.